The lowest BCUT2D eigenvalue weighted by molar-refractivity contribution is -0.136. The average molecular weight is 436 g/mol. The molecule has 3 amide bonds. The van der Waals surface area contributed by atoms with Gasteiger partial charge in [-0.05, 0) is 30.3 Å². The van der Waals surface area contributed by atoms with Crippen molar-refractivity contribution >= 4 is 29.0 Å². The van der Waals surface area contributed by atoms with Crippen molar-refractivity contribution in [2.45, 2.75) is 12.6 Å². The van der Waals surface area contributed by atoms with E-state index in [1.165, 1.54) is 6.07 Å². The van der Waals surface area contributed by atoms with Crippen LogP contribution < -0.4 is 20.9 Å². The first kappa shape index (κ1) is 22.4. The molecule has 166 valence electrons. The maximum absolute atomic E-state index is 13.6. The molecule has 1 aliphatic rings. The smallest absolute Gasteiger partial charge is 0.378 e. The van der Waals surface area contributed by atoms with Crippen LogP contribution in [0, 0.1) is 0 Å². The standard InChI is InChI=1S/C21H23F3N4O3/c22-21(23,24)17-14-16(28-10-12-31-13-11-28)6-7-18(17)27-19(29)8-9-25-20(30)26-15-4-2-1-3-5-15/h1-7,14H,8-13H2,(H,27,29)(H2,25,26,30). The first-order valence-electron chi connectivity index (χ1n) is 9.76. The summed E-state index contributed by atoms with van der Waals surface area (Å²) in [4.78, 5) is 25.8. The molecular weight excluding hydrogens is 413 g/mol. The molecule has 0 unspecified atom stereocenters. The lowest BCUT2D eigenvalue weighted by Crippen LogP contribution is -2.36. The third kappa shape index (κ3) is 6.61. The molecule has 0 saturated carbocycles. The number of amides is 3. The lowest BCUT2D eigenvalue weighted by atomic mass is 10.1. The Balaban J connectivity index is 1.56. The van der Waals surface area contributed by atoms with E-state index in [1.807, 2.05) is 0 Å². The summed E-state index contributed by atoms with van der Waals surface area (Å²) in [5, 5.41) is 7.38. The van der Waals surface area contributed by atoms with E-state index in [4.69, 9.17) is 4.74 Å². The molecule has 0 spiro atoms. The highest BCUT2D eigenvalue weighted by Crippen LogP contribution is 2.37. The van der Waals surface area contributed by atoms with E-state index in [-0.39, 0.29) is 18.7 Å². The normalized spacial score (nSPS) is 14.1. The zero-order chi connectivity index (χ0) is 22.3. The summed E-state index contributed by atoms with van der Waals surface area (Å²) in [5.41, 5.74) is -0.227. The number of anilines is 3. The van der Waals surface area contributed by atoms with Gasteiger partial charge in [0.25, 0.3) is 0 Å². The molecule has 0 radical (unpaired) electrons. The van der Waals surface area contributed by atoms with E-state index in [1.54, 1.807) is 41.3 Å². The number of carbonyl (C=O) groups is 2. The van der Waals surface area contributed by atoms with Gasteiger partial charge in [0.2, 0.25) is 5.91 Å². The Kier molecular flexibility index (Phi) is 7.35. The molecule has 31 heavy (non-hydrogen) atoms. The number of rotatable bonds is 6. The van der Waals surface area contributed by atoms with Crippen LogP contribution in [-0.4, -0.2) is 44.8 Å². The molecule has 1 saturated heterocycles. The minimum absolute atomic E-state index is 0.0300. The van der Waals surface area contributed by atoms with Gasteiger partial charge in [-0.1, -0.05) is 18.2 Å². The number of para-hydroxylation sites is 1. The van der Waals surface area contributed by atoms with Crippen molar-refractivity contribution in [3.05, 3.63) is 54.1 Å². The first-order valence-corrected chi connectivity index (χ1v) is 9.76. The Morgan fingerprint density at radius 1 is 1.00 bits per heavy atom. The number of morpholine rings is 1. The van der Waals surface area contributed by atoms with Crippen LogP contribution in [0.1, 0.15) is 12.0 Å². The van der Waals surface area contributed by atoms with E-state index in [2.05, 4.69) is 16.0 Å². The molecule has 0 aliphatic carbocycles. The largest absolute Gasteiger partial charge is 0.418 e. The second kappa shape index (κ2) is 10.2. The maximum Gasteiger partial charge on any atom is 0.418 e. The predicted octanol–water partition coefficient (Wildman–Crippen LogP) is 3.69. The zero-order valence-corrected chi connectivity index (χ0v) is 16.7. The highest BCUT2D eigenvalue weighted by Gasteiger charge is 2.34. The fourth-order valence-electron chi connectivity index (χ4n) is 3.09. The van der Waals surface area contributed by atoms with E-state index in [0.29, 0.717) is 37.7 Å². The van der Waals surface area contributed by atoms with Crippen LogP contribution in [0.2, 0.25) is 0 Å². The topological polar surface area (TPSA) is 82.7 Å². The molecule has 1 fully saturated rings. The first-order chi connectivity index (χ1) is 14.8. The van der Waals surface area contributed by atoms with Gasteiger partial charge in [0.15, 0.2) is 0 Å². The van der Waals surface area contributed by atoms with Gasteiger partial charge in [-0.25, -0.2) is 4.79 Å². The number of hydrogen-bond acceptors (Lipinski definition) is 4. The minimum Gasteiger partial charge on any atom is -0.378 e. The molecule has 0 bridgehead atoms. The van der Waals surface area contributed by atoms with E-state index in [0.717, 1.165) is 6.07 Å². The SMILES string of the molecule is O=C(CCNC(=O)Nc1ccccc1)Nc1ccc(N2CCOCC2)cc1C(F)(F)F. The molecule has 1 aliphatic heterocycles. The minimum atomic E-state index is -4.63. The third-order valence-electron chi connectivity index (χ3n) is 4.63. The van der Waals surface area contributed by atoms with Crippen molar-refractivity contribution in [1.82, 2.24) is 5.32 Å². The Labute approximate surface area is 177 Å². The van der Waals surface area contributed by atoms with Crippen LogP contribution in [0.25, 0.3) is 0 Å². The Bertz CT molecular complexity index is 900. The van der Waals surface area contributed by atoms with Crippen LogP contribution in [-0.2, 0) is 15.7 Å². The van der Waals surface area contributed by atoms with Crippen LogP contribution in [0.5, 0.6) is 0 Å². The van der Waals surface area contributed by atoms with Gasteiger partial charge < -0.3 is 25.6 Å². The number of alkyl halides is 3. The maximum atomic E-state index is 13.6. The quantitative estimate of drug-likeness (QED) is 0.645. The summed E-state index contributed by atoms with van der Waals surface area (Å²) in [6, 6.07) is 12.0. The van der Waals surface area contributed by atoms with Crippen LogP contribution in [0.15, 0.2) is 48.5 Å². The molecule has 7 nitrogen and oxygen atoms in total. The average Bonchev–Trinajstić information content (AvgIpc) is 2.74. The van der Waals surface area contributed by atoms with E-state index >= 15 is 0 Å². The van der Waals surface area contributed by atoms with Gasteiger partial charge in [0, 0.05) is 37.4 Å². The molecular formula is C21H23F3N4O3. The van der Waals surface area contributed by atoms with Gasteiger partial charge in [-0.3, -0.25) is 4.79 Å². The number of nitrogens with one attached hydrogen (secondary N) is 3. The van der Waals surface area contributed by atoms with Crippen molar-refractivity contribution in [3.8, 4) is 0 Å². The molecule has 2 aromatic rings. The number of urea groups is 1. The van der Waals surface area contributed by atoms with Crippen molar-refractivity contribution in [2.75, 3.05) is 48.4 Å². The van der Waals surface area contributed by atoms with Crippen molar-refractivity contribution in [3.63, 3.8) is 0 Å². The third-order valence-corrected chi connectivity index (χ3v) is 4.63. The molecule has 0 aromatic heterocycles. The fourth-order valence-corrected chi connectivity index (χ4v) is 3.09. The van der Waals surface area contributed by atoms with Gasteiger partial charge >= 0.3 is 12.2 Å². The van der Waals surface area contributed by atoms with Crippen LogP contribution in [0.4, 0.5) is 35.0 Å². The van der Waals surface area contributed by atoms with E-state index < -0.39 is 23.7 Å². The monoisotopic (exact) mass is 436 g/mol. The summed E-state index contributed by atoms with van der Waals surface area (Å²) in [7, 11) is 0. The van der Waals surface area contributed by atoms with Gasteiger partial charge in [0.1, 0.15) is 0 Å². The molecule has 0 atom stereocenters. The number of carbonyl (C=O) groups excluding carboxylic acids is 2. The molecule has 2 aromatic carbocycles. The lowest BCUT2D eigenvalue weighted by Gasteiger charge is -2.29. The van der Waals surface area contributed by atoms with Gasteiger partial charge in [-0.2, -0.15) is 13.2 Å². The number of nitrogens with zero attached hydrogens (tertiary/aromatic N) is 1. The van der Waals surface area contributed by atoms with Crippen molar-refractivity contribution < 1.29 is 27.5 Å². The summed E-state index contributed by atoms with van der Waals surface area (Å²) in [6.45, 7) is 1.87. The van der Waals surface area contributed by atoms with Crippen LogP contribution in [0.3, 0.4) is 0 Å². The number of hydrogen-bond donors (Lipinski definition) is 3. The number of benzene rings is 2. The second-order valence-electron chi connectivity index (χ2n) is 6.87. The molecule has 3 N–H and O–H groups in total. The zero-order valence-electron chi connectivity index (χ0n) is 16.7. The van der Waals surface area contributed by atoms with Gasteiger partial charge in [-0.15, -0.1) is 0 Å². The van der Waals surface area contributed by atoms with E-state index in [9.17, 15) is 22.8 Å². The summed E-state index contributed by atoms with van der Waals surface area (Å²) in [6.07, 6.45) is -4.80. The summed E-state index contributed by atoms with van der Waals surface area (Å²) >= 11 is 0. The Hall–Kier alpha value is -3.27. The predicted molar refractivity (Wildman–Crippen MR) is 111 cm³/mol. The summed E-state index contributed by atoms with van der Waals surface area (Å²) < 4.78 is 45.9. The number of ether oxygens (including phenoxy) is 1. The van der Waals surface area contributed by atoms with Crippen LogP contribution >= 0.6 is 0 Å². The second-order valence-corrected chi connectivity index (χ2v) is 6.87. The fraction of sp³-hybridized carbons (Fsp3) is 0.333. The highest BCUT2D eigenvalue weighted by atomic mass is 19.4. The Morgan fingerprint density at radius 3 is 2.39 bits per heavy atom. The number of halogens is 3. The highest BCUT2D eigenvalue weighted by molar-refractivity contribution is 5.93. The summed E-state index contributed by atoms with van der Waals surface area (Å²) in [5.74, 6) is -0.635. The van der Waals surface area contributed by atoms with Gasteiger partial charge in [0.05, 0.1) is 24.5 Å². The van der Waals surface area contributed by atoms with Crippen molar-refractivity contribution in [2.24, 2.45) is 0 Å². The van der Waals surface area contributed by atoms with Crippen molar-refractivity contribution in [1.29, 1.82) is 0 Å². The Morgan fingerprint density at radius 2 is 1.71 bits per heavy atom. The molecule has 1 heterocycles. The molecule has 3 rings (SSSR count). The molecule has 10 heteroatoms.